The maximum Gasteiger partial charge on any atom is 0.295 e. The van der Waals surface area contributed by atoms with Gasteiger partial charge < -0.3 is 24.2 Å². The van der Waals surface area contributed by atoms with E-state index in [9.17, 15) is 19.1 Å². The molecule has 0 radical (unpaired) electrons. The van der Waals surface area contributed by atoms with Crippen LogP contribution in [0.4, 0.5) is 4.39 Å². The van der Waals surface area contributed by atoms with Gasteiger partial charge in [-0.2, -0.15) is 0 Å². The van der Waals surface area contributed by atoms with Gasteiger partial charge >= 0.3 is 0 Å². The lowest BCUT2D eigenvalue weighted by Crippen LogP contribution is -2.36. The number of ketones is 1. The normalized spacial score (nSPS) is 22.4. The van der Waals surface area contributed by atoms with Crippen LogP contribution >= 0.6 is 0 Å². The van der Waals surface area contributed by atoms with Crippen LogP contribution in [0.5, 0.6) is 11.5 Å². The molecule has 0 spiro atoms. The van der Waals surface area contributed by atoms with Gasteiger partial charge in [0.05, 0.1) is 31.9 Å². The van der Waals surface area contributed by atoms with E-state index in [1.165, 1.54) is 43.4 Å². The molecular weight excluding hydrogens is 417 g/mol. The molecule has 2 heterocycles. The molecule has 2 aromatic rings. The number of aliphatic hydroxyl groups excluding tert-OH is 1. The van der Waals surface area contributed by atoms with Crippen molar-refractivity contribution in [2.45, 2.75) is 25.0 Å². The molecule has 4 rings (SSSR count). The molecule has 0 aromatic heterocycles. The largest absolute Gasteiger partial charge is 0.507 e. The summed E-state index contributed by atoms with van der Waals surface area (Å²) in [4.78, 5) is 27.5. The third kappa shape index (κ3) is 3.93. The molecule has 2 fully saturated rings. The van der Waals surface area contributed by atoms with Gasteiger partial charge in [-0.05, 0) is 54.8 Å². The molecule has 1 amide bonds. The monoisotopic (exact) mass is 441 g/mol. The number of rotatable bonds is 6. The molecule has 2 atom stereocenters. The Balaban J connectivity index is 1.85. The van der Waals surface area contributed by atoms with E-state index in [-0.39, 0.29) is 29.5 Å². The fourth-order valence-corrected chi connectivity index (χ4v) is 4.21. The standard InChI is InChI=1S/C24H24FNO6/c1-30-18-10-7-15(12-19(18)31-2)21-20(22(27)14-5-8-16(25)9-6-14)23(28)24(29)26(21)13-17-4-3-11-32-17/h5-10,12,17,21,27H,3-4,11,13H2,1-2H3/b22-20+. The molecule has 0 bridgehead atoms. The second-order valence-electron chi connectivity index (χ2n) is 7.71. The molecule has 2 aromatic carbocycles. The lowest BCUT2D eigenvalue weighted by atomic mass is 9.94. The van der Waals surface area contributed by atoms with Gasteiger partial charge in [-0.15, -0.1) is 0 Å². The SMILES string of the molecule is COc1ccc(C2/C(=C(\O)c3ccc(F)cc3)C(=O)C(=O)N2CC2CCCO2)cc1OC. The summed E-state index contributed by atoms with van der Waals surface area (Å²) in [5.41, 5.74) is 0.752. The maximum absolute atomic E-state index is 13.4. The average Bonchev–Trinajstić information content (AvgIpc) is 3.41. The molecule has 8 heteroatoms. The van der Waals surface area contributed by atoms with Crippen LogP contribution in [0.25, 0.3) is 5.76 Å². The lowest BCUT2D eigenvalue weighted by molar-refractivity contribution is -0.140. The van der Waals surface area contributed by atoms with Crippen LogP contribution in [0.3, 0.4) is 0 Å². The van der Waals surface area contributed by atoms with E-state index in [1.807, 2.05) is 0 Å². The predicted molar refractivity (Wildman–Crippen MR) is 114 cm³/mol. The van der Waals surface area contributed by atoms with Gasteiger partial charge in [0.1, 0.15) is 11.6 Å². The number of carbonyl (C=O) groups is 2. The minimum absolute atomic E-state index is 0.0631. The molecule has 7 nitrogen and oxygen atoms in total. The summed E-state index contributed by atoms with van der Waals surface area (Å²) in [6, 6.07) is 9.32. The molecule has 32 heavy (non-hydrogen) atoms. The van der Waals surface area contributed by atoms with Crippen LogP contribution in [0.1, 0.15) is 30.0 Å². The second-order valence-corrected chi connectivity index (χ2v) is 7.71. The summed E-state index contributed by atoms with van der Waals surface area (Å²) in [6.07, 6.45) is 1.46. The number of aliphatic hydroxyl groups is 1. The number of carbonyl (C=O) groups excluding carboxylic acids is 2. The zero-order valence-electron chi connectivity index (χ0n) is 17.8. The Labute approximate surface area is 185 Å². The number of ether oxygens (including phenoxy) is 3. The van der Waals surface area contributed by atoms with E-state index >= 15 is 0 Å². The molecule has 2 aliphatic rings. The minimum atomic E-state index is -0.857. The number of hydrogen-bond donors (Lipinski definition) is 1. The van der Waals surface area contributed by atoms with Gasteiger partial charge in [-0.3, -0.25) is 9.59 Å². The number of benzene rings is 2. The van der Waals surface area contributed by atoms with Crippen LogP contribution in [0.2, 0.25) is 0 Å². The quantitative estimate of drug-likeness (QED) is 0.420. The van der Waals surface area contributed by atoms with Gasteiger partial charge in [-0.25, -0.2) is 4.39 Å². The first-order valence-electron chi connectivity index (χ1n) is 10.3. The molecule has 0 saturated carbocycles. The van der Waals surface area contributed by atoms with Crippen molar-refractivity contribution in [3.8, 4) is 11.5 Å². The van der Waals surface area contributed by atoms with Crippen LogP contribution < -0.4 is 9.47 Å². The highest BCUT2D eigenvalue weighted by Gasteiger charge is 2.47. The molecule has 2 unspecified atom stereocenters. The summed E-state index contributed by atoms with van der Waals surface area (Å²) in [7, 11) is 3.00. The Morgan fingerprint density at radius 3 is 2.47 bits per heavy atom. The number of likely N-dealkylation sites (tertiary alicyclic amines) is 1. The Bertz CT molecular complexity index is 1060. The number of amides is 1. The van der Waals surface area contributed by atoms with Crippen molar-refractivity contribution in [1.82, 2.24) is 4.90 Å². The molecule has 0 aliphatic carbocycles. The first-order chi connectivity index (χ1) is 15.4. The third-order valence-electron chi connectivity index (χ3n) is 5.81. The smallest absolute Gasteiger partial charge is 0.295 e. The van der Waals surface area contributed by atoms with Gasteiger partial charge in [0.25, 0.3) is 11.7 Å². The number of halogens is 1. The van der Waals surface area contributed by atoms with Crippen LogP contribution in [0, 0.1) is 5.82 Å². The summed E-state index contributed by atoms with van der Waals surface area (Å²) in [5, 5.41) is 11.0. The van der Waals surface area contributed by atoms with Crippen molar-refractivity contribution in [3.63, 3.8) is 0 Å². The number of methoxy groups -OCH3 is 2. The van der Waals surface area contributed by atoms with Gasteiger partial charge in [0.15, 0.2) is 11.5 Å². The average molecular weight is 441 g/mol. The molecule has 1 N–H and O–H groups in total. The van der Waals surface area contributed by atoms with E-state index in [0.717, 1.165) is 12.8 Å². The molecule has 2 saturated heterocycles. The number of hydrogen-bond acceptors (Lipinski definition) is 6. The summed E-state index contributed by atoms with van der Waals surface area (Å²) >= 11 is 0. The second kappa shape index (κ2) is 9.00. The number of Topliss-reactive ketones (excluding diaryl/α,β-unsaturated/α-hetero) is 1. The summed E-state index contributed by atoms with van der Waals surface area (Å²) < 4.78 is 29.8. The lowest BCUT2D eigenvalue weighted by Gasteiger charge is -2.28. The van der Waals surface area contributed by atoms with Crippen LogP contribution in [-0.4, -0.2) is 55.2 Å². The van der Waals surface area contributed by atoms with E-state index in [0.29, 0.717) is 23.7 Å². The van der Waals surface area contributed by atoms with Crippen molar-refractivity contribution in [2.24, 2.45) is 0 Å². The zero-order valence-corrected chi connectivity index (χ0v) is 17.8. The highest BCUT2D eigenvalue weighted by Crippen LogP contribution is 2.42. The highest BCUT2D eigenvalue weighted by atomic mass is 19.1. The van der Waals surface area contributed by atoms with Crippen LogP contribution in [0.15, 0.2) is 48.0 Å². The molecule has 2 aliphatic heterocycles. The van der Waals surface area contributed by atoms with Gasteiger partial charge in [0.2, 0.25) is 0 Å². The highest BCUT2D eigenvalue weighted by molar-refractivity contribution is 6.46. The first-order valence-corrected chi connectivity index (χ1v) is 10.3. The van der Waals surface area contributed by atoms with Crippen molar-refractivity contribution >= 4 is 17.4 Å². The van der Waals surface area contributed by atoms with E-state index in [2.05, 4.69) is 0 Å². The van der Waals surface area contributed by atoms with Crippen molar-refractivity contribution in [2.75, 3.05) is 27.4 Å². The fraction of sp³-hybridized carbons (Fsp3) is 0.333. The predicted octanol–water partition coefficient (Wildman–Crippen LogP) is 3.44. The molecule has 168 valence electrons. The topological polar surface area (TPSA) is 85.3 Å². The first kappa shape index (κ1) is 21.8. The van der Waals surface area contributed by atoms with Crippen LogP contribution in [-0.2, 0) is 14.3 Å². The van der Waals surface area contributed by atoms with Gasteiger partial charge in [0, 0.05) is 18.7 Å². The molecular formula is C24H24FNO6. The van der Waals surface area contributed by atoms with Crippen molar-refractivity contribution in [3.05, 3.63) is 65.0 Å². The zero-order chi connectivity index (χ0) is 22.8. The maximum atomic E-state index is 13.4. The van der Waals surface area contributed by atoms with Gasteiger partial charge in [-0.1, -0.05) is 6.07 Å². The Kier molecular flexibility index (Phi) is 6.14. The van der Waals surface area contributed by atoms with E-state index < -0.39 is 23.5 Å². The Morgan fingerprint density at radius 2 is 1.84 bits per heavy atom. The van der Waals surface area contributed by atoms with Crippen molar-refractivity contribution in [1.29, 1.82) is 0 Å². The van der Waals surface area contributed by atoms with Crippen molar-refractivity contribution < 1.29 is 33.3 Å². The Hall–Kier alpha value is -3.39. The summed E-state index contributed by atoms with van der Waals surface area (Å²) in [6.45, 7) is 0.814. The summed E-state index contributed by atoms with van der Waals surface area (Å²) in [5.74, 6) is -1.44. The third-order valence-corrected chi connectivity index (χ3v) is 5.81. The number of nitrogens with zero attached hydrogens (tertiary/aromatic N) is 1. The Morgan fingerprint density at radius 1 is 1.12 bits per heavy atom. The minimum Gasteiger partial charge on any atom is -0.507 e. The van der Waals surface area contributed by atoms with E-state index in [4.69, 9.17) is 14.2 Å². The fourth-order valence-electron chi connectivity index (χ4n) is 4.21. The van der Waals surface area contributed by atoms with E-state index in [1.54, 1.807) is 18.2 Å².